The van der Waals surface area contributed by atoms with Crippen LogP contribution < -0.4 is 0 Å². The van der Waals surface area contributed by atoms with Crippen molar-refractivity contribution < 1.29 is 14.6 Å². The summed E-state index contributed by atoms with van der Waals surface area (Å²) in [7, 11) is 0. The molecule has 5 nitrogen and oxygen atoms in total. The molecule has 2 rings (SSSR count). The van der Waals surface area contributed by atoms with Crippen LogP contribution in [-0.4, -0.2) is 27.2 Å². The molecule has 1 fully saturated rings. The second-order valence-electron chi connectivity index (χ2n) is 5.05. The van der Waals surface area contributed by atoms with E-state index in [1.807, 2.05) is 11.5 Å². The lowest BCUT2D eigenvalue weighted by molar-refractivity contribution is -0.152. The van der Waals surface area contributed by atoms with E-state index in [1.165, 1.54) is 0 Å². The first kappa shape index (κ1) is 14.1. The van der Waals surface area contributed by atoms with E-state index < -0.39 is 12.0 Å². The van der Waals surface area contributed by atoms with Crippen LogP contribution in [0.1, 0.15) is 57.4 Å². The van der Waals surface area contributed by atoms with Gasteiger partial charge in [0.1, 0.15) is 6.10 Å². The minimum absolute atomic E-state index is 0.319. The van der Waals surface area contributed by atoms with Crippen LogP contribution in [0.5, 0.6) is 0 Å². The quantitative estimate of drug-likeness (QED) is 0.769. The molecule has 1 aliphatic carbocycles. The van der Waals surface area contributed by atoms with Crippen LogP contribution in [0.25, 0.3) is 0 Å². The van der Waals surface area contributed by atoms with Crippen molar-refractivity contribution in [2.24, 2.45) is 5.92 Å². The van der Waals surface area contributed by atoms with Gasteiger partial charge in [0.05, 0.1) is 30.7 Å². The van der Waals surface area contributed by atoms with E-state index >= 15 is 0 Å². The van der Waals surface area contributed by atoms with E-state index in [-0.39, 0.29) is 5.97 Å². The smallest absolute Gasteiger partial charge is 0.311 e. The predicted molar refractivity (Wildman–Crippen MR) is 70.5 cm³/mol. The molecule has 0 amide bonds. The number of esters is 1. The van der Waals surface area contributed by atoms with E-state index in [0.29, 0.717) is 19.1 Å². The fraction of sp³-hybridized carbons (Fsp3) is 0.714. The Balaban J connectivity index is 2.15. The zero-order valence-corrected chi connectivity index (χ0v) is 11.6. The molecule has 1 aliphatic rings. The molecular formula is C14H22N2O3. The van der Waals surface area contributed by atoms with Crippen LogP contribution in [0.3, 0.4) is 0 Å². The number of ether oxygens (including phenoxy) is 1. The molecule has 5 heteroatoms. The van der Waals surface area contributed by atoms with Gasteiger partial charge in [-0.1, -0.05) is 13.3 Å². The molecule has 1 saturated carbocycles. The van der Waals surface area contributed by atoms with Gasteiger partial charge in [-0.05, 0) is 26.2 Å². The summed E-state index contributed by atoms with van der Waals surface area (Å²) < 4.78 is 7.06. The fourth-order valence-corrected chi connectivity index (χ4v) is 2.37. The van der Waals surface area contributed by atoms with E-state index in [1.54, 1.807) is 19.4 Å². The number of aliphatic hydroxyl groups is 1. The molecule has 0 saturated heterocycles. The maximum absolute atomic E-state index is 12.0. The van der Waals surface area contributed by atoms with Crippen LogP contribution >= 0.6 is 0 Å². The molecule has 1 aromatic rings. The molecule has 2 atom stereocenters. The van der Waals surface area contributed by atoms with E-state index in [4.69, 9.17) is 4.74 Å². The highest BCUT2D eigenvalue weighted by atomic mass is 16.5. The van der Waals surface area contributed by atoms with Crippen LogP contribution in [0.4, 0.5) is 0 Å². The van der Waals surface area contributed by atoms with Crippen LogP contribution in [-0.2, 0) is 9.53 Å². The molecule has 1 N–H and O–H groups in total. The second-order valence-corrected chi connectivity index (χ2v) is 5.05. The normalized spacial score (nSPS) is 18.1. The molecule has 1 aromatic heterocycles. The first-order valence-corrected chi connectivity index (χ1v) is 7.05. The van der Waals surface area contributed by atoms with Crippen LogP contribution in [0.15, 0.2) is 12.5 Å². The minimum atomic E-state index is -0.831. The van der Waals surface area contributed by atoms with E-state index in [0.717, 1.165) is 25.0 Å². The van der Waals surface area contributed by atoms with Crippen molar-refractivity contribution in [2.45, 2.75) is 51.7 Å². The Hall–Kier alpha value is -1.36. The van der Waals surface area contributed by atoms with Crippen molar-refractivity contribution in [2.75, 3.05) is 6.61 Å². The van der Waals surface area contributed by atoms with Gasteiger partial charge in [0.25, 0.3) is 0 Å². The first-order chi connectivity index (χ1) is 9.19. The number of hydrogen-bond acceptors (Lipinski definition) is 4. The number of rotatable bonds is 7. The molecule has 1 heterocycles. The van der Waals surface area contributed by atoms with Crippen molar-refractivity contribution in [1.29, 1.82) is 0 Å². The SMILES string of the molecule is CCCC(C(=O)OCC)C(O)c1cncn1C1CC1. The average molecular weight is 266 g/mol. The van der Waals surface area contributed by atoms with Crippen molar-refractivity contribution in [3.63, 3.8) is 0 Å². The van der Waals surface area contributed by atoms with Gasteiger partial charge in [0.15, 0.2) is 0 Å². The number of imidazole rings is 1. The van der Waals surface area contributed by atoms with Crippen LogP contribution in [0, 0.1) is 5.92 Å². The van der Waals surface area contributed by atoms with Gasteiger partial charge < -0.3 is 14.4 Å². The highest BCUT2D eigenvalue weighted by molar-refractivity contribution is 5.73. The van der Waals surface area contributed by atoms with Crippen LogP contribution in [0.2, 0.25) is 0 Å². The summed E-state index contributed by atoms with van der Waals surface area (Å²) in [6, 6.07) is 0.441. The zero-order valence-electron chi connectivity index (χ0n) is 11.6. The third-order valence-electron chi connectivity index (χ3n) is 3.51. The van der Waals surface area contributed by atoms with Crippen molar-refractivity contribution in [3.8, 4) is 0 Å². The number of carbonyl (C=O) groups is 1. The Morgan fingerprint density at radius 1 is 1.58 bits per heavy atom. The Bertz CT molecular complexity index is 426. The van der Waals surface area contributed by atoms with Crippen molar-refractivity contribution >= 4 is 5.97 Å². The molecule has 106 valence electrons. The maximum Gasteiger partial charge on any atom is 0.311 e. The lowest BCUT2D eigenvalue weighted by Crippen LogP contribution is -2.26. The molecule has 2 unspecified atom stereocenters. The zero-order chi connectivity index (χ0) is 13.8. The van der Waals surface area contributed by atoms with Gasteiger partial charge in [-0.15, -0.1) is 0 Å². The lowest BCUT2D eigenvalue weighted by atomic mass is 9.95. The maximum atomic E-state index is 12.0. The van der Waals surface area contributed by atoms with Gasteiger partial charge in [-0.3, -0.25) is 4.79 Å². The summed E-state index contributed by atoms with van der Waals surface area (Å²) in [5, 5.41) is 10.5. The Kier molecular flexibility index (Phi) is 4.58. The Labute approximate surface area is 113 Å². The Morgan fingerprint density at radius 2 is 2.32 bits per heavy atom. The third kappa shape index (κ3) is 3.15. The van der Waals surface area contributed by atoms with Gasteiger partial charge in [-0.2, -0.15) is 0 Å². The first-order valence-electron chi connectivity index (χ1n) is 7.05. The molecule has 0 bridgehead atoms. The van der Waals surface area contributed by atoms with Crippen molar-refractivity contribution in [1.82, 2.24) is 9.55 Å². The highest BCUT2D eigenvalue weighted by Crippen LogP contribution is 2.38. The molecular weight excluding hydrogens is 244 g/mol. The highest BCUT2D eigenvalue weighted by Gasteiger charge is 2.33. The summed E-state index contributed by atoms with van der Waals surface area (Å²) in [5.74, 6) is -0.820. The monoisotopic (exact) mass is 266 g/mol. The summed E-state index contributed by atoms with van der Waals surface area (Å²) in [5.41, 5.74) is 0.731. The van der Waals surface area contributed by atoms with Gasteiger partial charge in [0.2, 0.25) is 0 Å². The average Bonchev–Trinajstić information content (AvgIpc) is 3.13. The number of nitrogens with zero attached hydrogens (tertiary/aromatic N) is 2. The molecule has 0 spiro atoms. The van der Waals surface area contributed by atoms with Crippen molar-refractivity contribution in [3.05, 3.63) is 18.2 Å². The summed E-state index contributed by atoms with van der Waals surface area (Å²) in [6.07, 6.45) is 6.26. The van der Waals surface area contributed by atoms with E-state index in [2.05, 4.69) is 4.98 Å². The van der Waals surface area contributed by atoms with Gasteiger partial charge in [-0.25, -0.2) is 4.98 Å². The third-order valence-corrected chi connectivity index (χ3v) is 3.51. The topological polar surface area (TPSA) is 64.3 Å². The summed E-state index contributed by atoms with van der Waals surface area (Å²) >= 11 is 0. The number of aliphatic hydroxyl groups excluding tert-OH is 1. The van der Waals surface area contributed by atoms with E-state index in [9.17, 15) is 9.90 Å². The molecule has 0 aromatic carbocycles. The molecule has 0 aliphatic heterocycles. The summed E-state index contributed by atoms with van der Waals surface area (Å²) in [6.45, 7) is 4.12. The number of aromatic nitrogens is 2. The lowest BCUT2D eigenvalue weighted by Gasteiger charge is -2.22. The van der Waals surface area contributed by atoms with Gasteiger partial charge >= 0.3 is 5.97 Å². The Morgan fingerprint density at radius 3 is 2.89 bits per heavy atom. The molecule has 19 heavy (non-hydrogen) atoms. The largest absolute Gasteiger partial charge is 0.466 e. The predicted octanol–water partition coefficient (Wildman–Crippen LogP) is 2.23. The number of hydrogen-bond donors (Lipinski definition) is 1. The second kappa shape index (κ2) is 6.19. The number of carbonyl (C=O) groups excluding carboxylic acids is 1. The summed E-state index contributed by atoms with van der Waals surface area (Å²) in [4.78, 5) is 16.1. The van der Waals surface area contributed by atoms with Gasteiger partial charge in [0, 0.05) is 6.04 Å². The standard InChI is InChI=1S/C14H22N2O3/c1-3-5-11(14(18)19-4-2)13(17)12-8-15-9-16(12)10-6-7-10/h8-11,13,17H,3-7H2,1-2H3. The minimum Gasteiger partial charge on any atom is -0.466 e. The molecule has 0 radical (unpaired) electrons. The fourth-order valence-electron chi connectivity index (χ4n) is 2.37.